The molecule has 1 atom stereocenters. The van der Waals surface area contributed by atoms with Crippen LogP contribution < -0.4 is 10.1 Å². The van der Waals surface area contributed by atoms with Gasteiger partial charge in [0.1, 0.15) is 11.9 Å². The van der Waals surface area contributed by atoms with Crippen LogP contribution >= 0.6 is 0 Å². The van der Waals surface area contributed by atoms with Crippen molar-refractivity contribution in [2.45, 2.75) is 57.7 Å². The molecule has 0 aromatic heterocycles. The second kappa shape index (κ2) is 10.9. The van der Waals surface area contributed by atoms with E-state index < -0.39 is 24.4 Å². The van der Waals surface area contributed by atoms with Crippen molar-refractivity contribution >= 4 is 11.8 Å². The van der Waals surface area contributed by atoms with Gasteiger partial charge in [-0.1, -0.05) is 43.5 Å². The Hall–Kier alpha value is -2.96. The number of benzene rings is 2. The van der Waals surface area contributed by atoms with Gasteiger partial charge in [-0.25, -0.2) is 8.78 Å². The number of hydrogen-bond acceptors (Lipinski definition) is 3. The van der Waals surface area contributed by atoms with Gasteiger partial charge in [-0.15, -0.1) is 0 Å². The van der Waals surface area contributed by atoms with E-state index in [0.717, 1.165) is 25.7 Å². The summed E-state index contributed by atoms with van der Waals surface area (Å²) in [6.07, 6.45) is 5.19. The van der Waals surface area contributed by atoms with Crippen LogP contribution in [0.15, 0.2) is 48.5 Å². The molecular formula is C24H28F2N2O3. The average molecular weight is 430 g/mol. The maximum atomic E-state index is 13.8. The maximum Gasteiger partial charge on any atom is 0.261 e. The molecule has 0 saturated heterocycles. The van der Waals surface area contributed by atoms with Crippen molar-refractivity contribution in [3.8, 4) is 5.75 Å². The maximum absolute atomic E-state index is 13.8. The SMILES string of the molecule is C[C@@H](C(=O)NC1CCCCC1)N(Cc1ccc(F)cc1)C(=O)COc1ccccc1F. The Morgan fingerprint density at radius 2 is 1.74 bits per heavy atom. The summed E-state index contributed by atoms with van der Waals surface area (Å²) >= 11 is 0. The number of ether oxygens (including phenoxy) is 1. The van der Waals surface area contributed by atoms with E-state index in [-0.39, 0.29) is 30.1 Å². The van der Waals surface area contributed by atoms with Crippen molar-refractivity contribution in [3.63, 3.8) is 0 Å². The van der Waals surface area contributed by atoms with E-state index in [9.17, 15) is 18.4 Å². The molecule has 1 N–H and O–H groups in total. The third kappa shape index (κ3) is 6.51. The Labute approximate surface area is 181 Å². The number of amides is 2. The molecule has 1 aliphatic carbocycles. The number of halogens is 2. The fourth-order valence-electron chi connectivity index (χ4n) is 3.72. The first-order chi connectivity index (χ1) is 14.9. The van der Waals surface area contributed by atoms with E-state index in [1.807, 2.05) is 0 Å². The van der Waals surface area contributed by atoms with Crippen LogP contribution in [0.3, 0.4) is 0 Å². The third-order valence-electron chi connectivity index (χ3n) is 5.57. The summed E-state index contributed by atoms with van der Waals surface area (Å²) < 4.78 is 32.5. The van der Waals surface area contributed by atoms with Crippen LogP contribution in [0.4, 0.5) is 8.78 Å². The molecule has 0 heterocycles. The Balaban J connectivity index is 1.70. The minimum Gasteiger partial charge on any atom is -0.481 e. The number of rotatable bonds is 8. The van der Waals surface area contributed by atoms with Gasteiger partial charge < -0.3 is 15.0 Å². The Morgan fingerprint density at radius 1 is 1.06 bits per heavy atom. The summed E-state index contributed by atoms with van der Waals surface area (Å²) in [7, 11) is 0. The molecule has 2 aromatic rings. The number of para-hydroxylation sites is 1. The van der Waals surface area contributed by atoms with Gasteiger partial charge in [-0.3, -0.25) is 9.59 Å². The molecular weight excluding hydrogens is 402 g/mol. The summed E-state index contributed by atoms with van der Waals surface area (Å²) in [5, 5.41) is 3.04. The third-order valence-corrected chi connectivity index (χ3v) is 5.57. The van der Waals surface area contributed by atoms with Crippen molar-refractivity contribution in [2.24, 2.45) is 0 Å². The van der Waals surface area contributed by atoms with E-state index in [4.69, 9.17) is 4.74 Å². The van der Waals surface area contributed by atoms with E-state index in [2.05, 4.69) is 5.32 Å². The molecule has 1 fully saturated rings. The van der Waals surface area contributed by atoms with Crippen LogP contribution in [0.25, 0.3) is 0 Å². The summed E-state index contributed by atoms with van der Waals surface area (Å²) in [6.45, 7) is 1.35. The highest BCUT2D eigenvalue weighted by Gasteiger charge is 2.28. The van der Waals surface area contributed by atoms with Gasteiger partial charge >= 0.3 is 0 Å². The lowest BCUT2D eigenvalue weighted by Gasteiger charge is -2.31. The van der Waals surface area contributed by atoms with Crippen LogP contribution in [-0.4, -0.2) is 35.4 Å². The Bertz CT molecular complexity index is 883. The van der Waals surface area contributed by atoms with Gasteiger partial charge in [-0.2, -0.15) is 0 Å². The van der Waals surface area contributed by atoms with Gasteiger partial charge in [0, 0.05) is 12.6 Å². The average Bonchev–Trinajstić information content (AvgIpc) is 2.78. The highest BCUT2D eigenvalue weighted by Crippen LogP contribution is 2.19. The molecule has 2 aromatic carbocycles. The second-order valence-electron chi connectivity index (χ2n) is 7.89. The molecule has 0 radical (unpaired) electrons. The number of nitrogens with one attached hydrogen (secondary N) is 1. The van der Waals surface area contributed by atoms with Gasteiger partial charge in [0.25, 0.3) is 5.91 Å². The molecule has 0 aliphatic heterocycles. The summed E-state index contributed by atoms with van der Waals surface area (Å²) in [6, 6.07) is 10.9. The molecule has 166 valence electrons. The molecule has 1 aliphatic rings. The van der Waals surface area contributed by atoms with Crippen LogP contribution in [0.2, 0.25) is 0 Å². The molecule has 7 heteroatoms. The standard InChI is InChI=1S/C24H28F2N2O3/c1-17(24(30)27-20-7-3-2-4-8-20)28(15-18-11-13-19(25)14-12-18)23(29)16-31-22-10-6-5-9-21(22)26/h5-6,9-14,17,20H,2-4,7-8,15-16H2,1H3,(H,27,30)/t17-/m0/s1. The molecule has 3 rings (SSSR count). The van der Waals surface area contributed by atoms with Gasteiger partial charge in [0.05, 0.1) is 0 Å². The van der Waals surface area contributed by atoms with Crippen LogP contribution in [-0.2, 0) is 16.1 Å². The lowest BCUT2D eigenvalue weighted by atomic mass is 9.95. The highest BCUT2D eigenvalue weighted by molar-refractivity contribution is 5.88. The zero-order chi connectivity index (χ0) is 22.2. The number of hydrogen-bond donors (Lipinski definition) is 1. The predicted molar refractivity (Wildman–Crippen MR) is 113 cm³/mol. The summed E-state index contributed by atoms with van der Waals surface area (Å²) in [4.78, 5) is 27.2. The first-order valence-corrected chi connectivity index (χ1v) is 10.7. The normalized spacial score (nSPS) is 15.2. The zero-order valence-corrected chi connectivity index (χ0v) is 17.7. The lowest BCUT2D eigenvalue weighted by molar-refractivity contribution is -0.142. The molecule has 0 bridgehead atoms. The predicted octanol–water partition coefficient (Wildman–Crippen LogP) is 4.21. The smallest absolute Gasteiger partial charge is 0.261 e. The van der Waals surface area contributed by atoms with Gasteiger partial charge in [0.2, 0.25) is 5.91 Å². The van der Waals surface area contributed by atoms with E-state index in [1.165, 1.54) is 41.7 Å². The molecule has 31 heavy (non-hydrogen) atoms. The monoisotopic (exact) mass is 430 g/mol. The summed E-state index contributed by atoms with van der Waals surface area (Å²) in [5.41, 5.74) is 0.679. The minimum absolute atomic E-state index is 0.0307. The molecule has 5 nitrogen and oxygen atoms in total. The van der Waals surface area contributed by atoms with Crippen molar-refractivity contribution in [1.82, 2.24) is 10.2 Å². The largest absolute Gasteiger partial charge is 0.481 e. The first-order valence-electron chi connectivity index (χ1n) is 10.7. The highest BCUT2D eigenvalue weighted by atomic mass is 19.1. The second-order valence-corrected chi connectivity index (χ2v) is 7.89. The molecule has 0 spiro atoms. The lowest BCUT2D eigenvalue weighted by Crippen LogP contribution is -2.51. The first kappa shape index (κ1) is 22.7. The van der Waals surface area contributed by atoms with Crippen LogP contribution in [0, 0.1) is 11.6 Å². The molecule has 1 saturated carbocycles. The number of carbonyl (C=O) groups excluding carboxylic acids is 2. The Kier molecular flexibility index (Phi) is 7.98. The molecule has 0 unspecified atom stereocenters. The number of nitrogens with zero attached hydrogens (tertiary/aromatic N) is 1. The van der Waals surface area contributed by atoms with E-state index in [0.29, 0.717) is 5.56 Å². The van der Waals surface area contributed by atoms with Crippen molar-refractivity contribution in [3.05, 3.63) is 65.7 Å². The van der Waals surface area contributed by atoms with Gasteiger partial charge in [-0.05, 0) is 49.6 Å². The quantitative estimate of drug-likeness (QED) is 0.683. The fraction of sp³-hybridized carbons (Fsp3) is 0.417. The van der Waals surface area contributed by atoms with Crippen molar-refractivity contribution in [1.29, 1.82) is 0 Å². The van der Waals surface area contributed by atoms with Crippen LogP contribution in [0.5, 0.6) is 5.75 Å². The Morgan fingerprint density at radius 3 is 2.42 bits per heavy atom. The molecule has 2 amide bonds. The summed E-state index contributed by atoms with van der Waals surface area (Å²) in [5.74, 6) is -1.68. The van der Waals surface area contributed by atoms with Crippen molar-refractivity contribution < 1.29 is 23.1 Å². The van der Waals surface area contributed by atoms with Gasteiger partial charge in [0.15, 0.2) is 18.2 Å². The van der Waals surface area contributed by atoms with E-state index >= 15 is 0 Å². The van der Waals surface area contributed by atoms with Crippen molar-refractivity contribution in [2.75, 3.05) is 6.61 Å². The zero-order valence-electron chi connectivity index (χ0n) is 17.7. The minimum atomic E-state index is -0.760. The van der Waals surface area contributed by atoms with E-state index in [1.54, 1.807) is 25.1 Å². The topological polar surface area (TPSA) is 58.6 Å². The number of carbonyl (C=O) groups is 2. The van der Waals surface area contributed by atoms with Crippen LogP contribution in [0.1, 0.15) is 44.6 Å². The fourth-order valence-corrected chi connectivity index (χ4v) is 3.72.